The van der Waals surface area contributed by atoms with Gasteiger partial charge in [-0.3, -0.25) is 9.69 Å². The summed E-state index contributed by atoms with van der Waals surface area (Å²) in [6.07, 6.45) is 1.34. The smallest absolute Gasteiger partial charge is 0.325 e. The molecule has 1 aromatic carbocycles. The molecule has 7 heteroatoms. The van der Waals surface area contributed by atoms with E-state index in [2.05, 4.69) is 42.0 Å². The average molecular weight is 439 g/mol. The number of halogens is 1. The zero-order chi connectivity index (χ0) is 19.8. The first-order chi connectivity index (χ1) is 12.6. The van der Waals surface area contributed by atoms with Crippen molar-refractivity contribution in [2.24, 2.45) is 11.3 Å². The molecule has 1 aliphatic heterocycles. The van der Waals surface area contributed by atoms with E-state index in [1.54, 1.807) is 12.1 Å². The number of hydrogen-bond acceptors (Lipinski definition) is 4. The molecule has 148 valence electrons. The second-order valence-corrected chi connectivity index (χ2v) is 9.62. The van der Waals surface area contributed by atoms with Gasteiger partial charge in [-0.1, -0.05) is 42.8 Å². The van der Waals surface area contributed by atoms with Crippen molar-refractivity contribution in [1.82, 2.24) is 10.2 Å². The predicted molar refractivity (Wildman–Crippen MR) is 105 cm³/mol. The maximum Gasteiger partial charge on any atom is 0.325 e. The van der Waals surface area contributed by atoms with E-state index in [-0.39, 0.29) is 24.5 Å². The van der Waals surface area contributed by atoms with Gasteiger partial charge in [0.1, 0.15) is 24.0 Å². The number of ether oxygens (including phenoxy) is 1. The maximum absolute atomic E-state index is 13.1. The van der Waals surface area contributed by atoms with E-state index in [9.17, 15) is 14.7 Å². The van der Waals surface area contributed by atoms with Gasteiger partial charge in [0.15, 0.2) is 0 Å². The molecule has 2 N–H and O–H groups in total. The highest BCUT2D eigenvalue weighted by molar-refractivity contribution is 9.10. The second-order valence-electron chi connectivity index (χ2n) is 8.70. The lowest BCUT2D eigenvalue weighted by Gasteiger charge is -2.43. The van der Waals surface area contributed by atoms with Crippen LogP contribution in [0.3, 0.4) is 0 Å². The Morgan fingerprint density at radius 1 is 1.37 bits per heavy atom. The molecule has 6 nitrogen and oxygen atoms in total. The van der Waals surface area contributed by atoms with Gasteiger partial charge in [0.2, 0.25) is 0 Å². The molecule has 1 saturated carbocycles. The normalized spacial score (nSPS) is 28.3. The van der Waals surface area contributed by atoms with Gasteiger partial charge in [0.05, 0.1) is 6.54 Å². The fourth-order valence-corrected chi connectivity index (χ4v) is 5.06. The number of aliphatic hydroxyl groups excluding tert-OH is 1. The monoisotopic (exact) mass is 438 g/mol. The number of carbonyl (C=O) groups is 2. The summed E-state index contributed by atoms with van der Waals surface area (Å²) >= 11 is 3.36. The Balaban J connectivity index is 1.63. The lowest BCUT2D eigenvalue weighted by Crippen LogP contribution is -2.54. The van der Waals surface area contributed by atoms with Crippen LogP contribution >= 0.6 is 15.9 Å². The molecule has 3 unspecified atom stereocenters. The molecule has 2 fully saturated rings. The van der Waals surface area contributed by atoms with E-state index in [0.29, 0.717) is 24.5 Å². The van der Waals surface area contributed by atoms with E-state index >= 15 is 0 Å². The van der Waals surface area contributed by atoms with Crippen molar-refractivity contribution in [1.29, 1.82) is 0 Å². The third kappa shape index (κ3) is 4.46. The maximum atomic E-state index is 13.1. The van der Waals surface area contributed by atoms with Gasteiger partial charge in [-0.05, 0) is 48.8 Å². The fraction of sp³-hybridized carbons (Fsp3) is 0.600. The van der Waals surface area contributed by atoms with Crippen molar-refractivity contribution in [2.75, 3.05) is 13.2 Å². The standard InChI is InChI=1S/C20H27BrN2O4/c1-13-8-19(2,3)12-20(9-13)17(25)23(18(26)22-20)10-15(24)11-27-16-6-4-5-14(21)7-16/h4-7,13,15,24H,8-12H2,1-3H3,(H,22,26). The molecule has 3 atom stereocenters. The predicted octanol–water partition coefficient (Wildman–Crippen LogP) is 3.33. The first-order valence-electron chi connectivity index (χ1n) is 9.31. The highest BCUT2D eigenvalue weighted by atomic mass is 79.9. The Morgan fingerprint density at radius 2 is 2.11 bits per heavy atom. The van der Waals surface area contributed by atoms with Crippen LogP contribution < -0.4 is 10.1 Å². The van der Waals surface area contributed by atoms with Crippen LogP contribution in [0.1, 0.15) is 40.0 Å². The Labute approximate surface area is 168 Å². The van der Waals surface area contributed by atoms with Crippen LogP contribution in [0.5, 0.6) is 5.75 Å². The number of benzene rings is 1. The lowest BCUT2D eigenvalue weighted by molar-refractivity contribution is -0.135. The number of imide groups is 1. The summed E-state index contributed by atoms with van der Waals surface area (Å²) in [5.41, 5.74) is -0.859. The molecule has 1 spiro atoms. The van der Waals surface area contributed by atoms with Gasteiger partial charge >= 0.3 is 6.03 Å². The first-order valence-corrected chi connectivity index (χ1v) is 10.1. The number of urea groups is 1. The third-order valence-electron chi connectivity index (χ3n) is 5.26. The highest BCUT2D eigenvalue weighted by Gasteiger charge is 2.56. The van der Waals surface area contributed by atoms with Crippen LogP contribution in [0.25, 0.3) is 0 Å². The minimum absolute atomic E-state index is 0.00239. The number of nitrogens with one attached hydrogen (secondary N) is 1. The molecule has 1 aliphatic carbocycles. The molecule has 2 aliphatic rings. The van der Waals surface area contributed by atoms with Gasteiger partial charge in [-0.15, -0.1) is 0 Å². The van der Waals surface area contributed by atoms with Crippen molar-refractivity contribution in [3.8, 4) is 5.75 Å². The van der Waals surface area contributed by atoms with E-state index < -0.39 is 17.7 Å². The lowest BCUT2D eigenvalue weighted by atomic mass is 9.64. The number of hydrogen-bond donors (Lipinski definition) is 2. The Hall–Kier alpha value is -1.60. The molecular formula is C20H27BrN2O4. The molecule has 1 heterocycles. The summed E-state index contributed by atoms with van der Waals surface area (Å²) in [6.45, 7) is 6.31. The van der Waals surface area contributed by atoms with Crippen molar-refractivity contribution in [2.45, 2.75) is 51.7 Å². The zero-order valence-corrected chi connectivity index (χ0v) is 17.6. The number of aliphatic hydroxyl groups is 1. The quantitative estimate of drug-likeness (QED) is 0.690. The van der Waals surface area contributed by atoms with Crippen molar-refractivity contribution >= 4 is 27.9 Å². The molecule has 0 radical (unpaired) electrons. The molecule has 27 heavy (non-hydrogen) atoms. The van der Waals surface area contributed by atoms with Gasteiger partial charge in [0, 0.05) is 4.47 Å². The minimum Gasteiger partial charge on any atom is -0.491 e. The summed E-state index contributed by atoms with van der Waals surface area (Å²) in [5, 5.41) is 13.2. The van der Waals surface area contributed by atoms with Crippen LogP contribution in [0, 0.1) is 11.3 Å². The Bertz CT molecular complexity index is 738. The van der Waals surface area contributed by atoms with E-state index in [4.69, 9.17) is 4.74 Å². The van der Waals surface area contributed by atoms with Crippen molar-refractivity contribution in [3.05, 3.63) is 28.7 Å². The first kappa shape index (κ1) is 20.1. The third-order valence-corrected chi connectivity index (χ3v) is 5.75. The molecule has 0 bridgehead atoms. The topological polar surface area (TPSA) is 78.9 Å². The summed E-state index contributed by atoms with van der Waals surface area (Å²) in [7, 11) is 0. The number of β-amino-alcohol motifs (C(OH)–C–C–N with tert-alkyl or cyclic N) is 1. The number of amides is 3. The van der Waals surface area contributed by atoms with Crippen LogP contribution in [-0.2, 0) is 4.79 Å². The van der Waals surface area contributed by atoms with Crippen LogP contribution in [-0.4, -0.2) is 46.7 Å². The summed E-state index contributed by atoms with van der Waals surface area (Å²) in [4.78, 5) is 26.7. The van der Waals surface area contributed by atoms with Crippen molar-refractivity contribution in [3.63, 3.8) is 0 Å². The van der Waals surface area contributed by atoms with E-state index in [0.717, 1.165) is 15.8 Å². The van der Waals surface area contributed by atoms with Crippen LogP contribution in [0.15, 0.2) is 28.7 Å². The Morgan fingerprint density at radius 3 is 2.78 bits per heavy atom. The minimum atomic E-state index is -0.956. The van der Waals surface area contributed by atoms with Crippen molar-refractivity contribution < 1.29 is 19.4 Å². The highest BCUT2D eigenvalue weighted by Crippen LogP contribution is 2.46. The number of nitrogens with zero attached hydrogens (tertiary/aromatic N) is 1. The van der Waals surface area contributed by atoms with Crippen LogP contribution in [0.2, 0.25) is 0 Å². The molecule has 1 aromatic rings. The van der Waals surface area contributed by atoms with E-state index in [1.165, 1.54) is 0 Å². The number of carbonyl (C=O) groups excluding carboxylic acids is 2. The van der Waals surface area contributed by atoms with E-state index in [1.807, 2.05) is 12.1 Å². The van der Waals surface area contributed by atoms with Gasteiger partial charge in [0.25, 0.3) is 5.91 Å². The molecule has 3 rings (SSSR count). The van der Waals surface area contributed by atoms with Crippen LogP contribution in [0.4, 0.5) is 4.79 Å². The average Bonchev–Trinajstić information content (AvgIpc) is 2.74. The molecular weight excluding hydrogens is 412 g/mol. The summed E-state index contributed by atoms with van der Waals surface area (Å²) in [5.74, 6) is 0.733. The van der Waals surface area contributed by atoms with Gasteiger partial charge < -0.3 is 15.2 Å². The summed E-state index contributed by atoms with van der Waals surface area (Å²) < 4.78 is 6.44. The van der Waals surface area contributed by atoms with Gasteiger partial charge in [-0.2, -0.15) is 0 Å². The summed E-state index contributed by atoms with van der Waals surface area (Å²) in [6, 6.07) is 6.86. The van der Waals surface area contributed by atoms with Gasteiger partial charge in [-0.25, -0.2) is 4.79 Å². The molecule has 1 saturated heterocycles. The largest absolute Gasteiger partial charge is 0.491 e. The molecule has 3 amide bonds. The molecule has 0 aromatic heterocycles. The number of rotatable bonds is 5. The second kappa shape index (κ2) is 7.43. The Kier molecular flexibility index (Phi) is 5.54. The SMILES string of the molecule is CC1CC(C)(C)CC2(C1)NC(=O)N(CC(O)COc1cccc(Br)c1)C2=O. The zero-order valence-electron chi connectivity index (χ0n) is 16.0. The fourth-order valence-electron chi connectivity index (χ4n) is 4.68.